The second-order valence-electron chi connectivity index (χ2n) is 9.33. The van der Waals surface area contributed by atoms with Gasteiger partial charge in [-0.1, -0.05) is 12.1 Å². The van der Waals surface area contributed by atoms with Crippen molar-refractivity contribution < 1.29 is 9.47 Å². The predicted octanol–water partition coefficient (Wildman–Crippen LogP) is 2.20. The highest BCUT2D eigenvalue weighted by Crippen LogP contribution is 2.67. The van der Waals surface area contributed by atoms with Gasteiger partial charge in [-0.15, -0.1) is 21.5 Å². The van der Waals surface area contributed by atoms with Crippen LogP contribution in [0.3, 0.4) is 0 Å². The molecule has 15 nitrogen and oxygen atoms in total. The number of tetrazole rings is 1. The van der Waals surface area contributed by atoms with Crippen molar-refractivity contribution in [2.75, 3.05) is 4.90 Å². The maximum Gasteiger partial charge on any atom is 0.253 e. The number of thiophene rings is 1. The molecule has 8 rings (SSSR count). The van der Waals surface area contributed by atoms with Gasteiger partial charge in [-0.05, 0) is 47.0 Å². The van der Waals surface area contributed by atoms with Gasteiger partial charge in [-0.3, -0.25) is 10.00 Å². The van der Waals surface area contributed by atoms with Crippen LogP contribution in [0.25, 0.3) is 0 Å². The minimum Gasteiger partial charge on any atom is -0.490 e. The van der Waals surface area contributed by atoms with Crippen LogP contribution in [0, 0.1) is 0 Å². The number of aromatic amines is 5. The van der Waals surface area contributed by atoms with E-state index in [1.807, 2.05) is 65.0 Å². The number of ether oxygens (including phenoxy) is 2. The Morgan fingerprint density at radius 3 is 2.63 bits per heavy atom. The van der Waals surface area contributed by atoms with Crippen LogP contribution in [0.5, 0.6) is 0 Å². The summed E-state index contributed by atoms with van der Waals surface area (Å²) >= 11 is 1.53. The molecule has 5 N–H and O–H groups in total. The molecule has 1 saturated heterocycles. The van der Waals surface area contributed by atoms with E-state index in [1.54, 1.807) is 31.0 Å². The number of nitrogens with zero attached hydrogens (tertiary/aromatic N) is 8. The van der Waals surface area contributed by atoms with Crippen LogP contribution in [0.4, 0.5) is 5.82 Å². The van der Waals surface area contributed by atoms with E-state index in [2.05, 4.69) is 51.1 Å². The van der Waals surface area contributed by atoms with E-state index in [1.165, 1.54) is 11.3 Å². The molecule has 0 aromatic carbocycles. The highest BCUT2D eigenvalue weighted by atomic mass is 32.1. The number of hydrogen-bond acceptors (Lipinski definition) is 11. The molecule has 2 aliphatic rings. The van der Waals surface area contributed by atoms with E-state index in [0.29, 0.717) is 23.0 Å². The van der Waals surface area contributed by atoms with Crippen molar-refractivity contribution in [1.82, 2.24) is 61.2 Å². The lowest BCUT2D eigenvalue weighted by molar-refractivity contribution is -0.164. The van der Waals surface area contributed by atoms with Crippen LogP contribution in [-0.2, 0) is 26.3 Å². The van der Waals surface area contributed by atoms with E-state index in [0.717, 1.165) is 4.88 Å². The van der Waals surface area contributed by atoms with Crippen molar-refractivity contribution in [3.63, 3.8) is 0 Å². The molecule has 204 valence electrons. The topological polar surface area (TPSA) is 191 Å². The first-order valence-electron chi connectivity index (χ1n) is 12.6. The Hall–Kier alpha value is -5.35. The summed E-state index contributed by atoms with van der Waals surface area (Å²) in [5, 5.41) is 36.7. The van der Waals surface area contributed by atoms with Crippen LogP contribution >= 0.6 is 11.3 Å². The minimum atomic E-state index is -1.59. The van der Waals surface area contributed by atoms with Gasteiger partial charge in [-0.2, -0.15) is 25.7 Å². The fraction of sp³-hybridized carbons (Fsp3) is 0.160. The van der Waals surface area contributed by atoms with E-state index in [9.17, 15) is 0 Å². The monoisotopic (exact) mass is 567 g/mol. The van der Waals surface area contributed by atoms with Gasteiger partial charge in [0.2, 0.25) is 11.4 Å². The van der Waals surface area contributed by atoms with Crippen molar-refractivity contribution in [2.45, 2.75) is 23.0 Å². The number of nitrogens with one attached hydrogen (secondary N) is 5. The molecule has 4 unspecified atom stereocenters. The van der Waals surface area contributed by atoms with Crippen molar-refractivity contribution >= 4 is 17.2 Å². The van der Waals surface area contributed by atoms with E-state index >= 15 is 0 Å². The molecule has 16 heteroatoms. The number of aromatic nitrogens is 12. The predicted molar refractivity (Wildman–Crippen MR) is 143 cm³/mol. The first kappa shape index (κ1) is 23.5. The molecule has 4 atom stereocenters. The Kier molecular flexibility index (Phi) is 5.07. The SMILES string of the molecule is C1=COC(C2(c3ncc[nH]3)OC(c3nn[nH]n3)(c3ccn[nH]3)N(c3ccc[nH]3)C2(c2cn[nH]n2)c2cccs2)C=C1. The maximum absolute atomic E-state index is 7.58. The van der Waals surface area contributed by atoms with Gasteiger partial charge < -0.3 is 19.4 Å². The van der Waals surface area contributed by atoms with Gasteiger partial charge in [0.25, 0.3) is 5.72 Å². The van der Waals surface area contributed by atoms with Crippen molar-refractivity contribution in [3.05, 3.63) is 119 Å². The Morgan fingerprint density at radius 1 is 0.976 bits per heavy atom. The van der Waals surface area contributed by atoms with E-state index in [-0.39, 0.29) is 5.82 Å². The Bertz CT molecular complexity index is 1690. The molecule has 0 bridgehead atoms. The Morgan fingerprint density at radius 2 is 1.98 bits per heavy atom. The van der Waals surface area contributed by atoms with Gasteiger partial charge in [0.1, 0.15) is 17.3 Å². The molecule has 2 aliphatic heterocycles. The number of allylic oxidation sites excluding steroid dienone is 2. The second kappa shape index (κ2) is 8.83. The zero-order valence-corrected chi connectivity index (χ0v) is 21.9. The third-order valence-corrected chi connectivity index (χ3v) is 8.43. The third-order valence-electron chi connectivity index (χ3n) is 7.45. The molecule has 1 fully saturated rings. The average molecular weight is 568 g/mol. The average Bonchev–Trinajstić information content (AvgIpc) is 3.85. The van der Waals surface area contributed by atoms with Crippen molar-refractivity contribution in [2.24, 2.45) is 0 Å². The smallest absolute Gasteiger partial charge is 0.253 e. The number of imidazole rings is 1. The van der Waals surface area contributed by atoms with Crippen LogP contribution in [-0.4, -0.2) is 67.3 Å². The Labute approximate surface area is 234 Å². The fourth-order valence-electron chi connectivity index (χ4n) is 6.04. The number of hydrogen-bond donors (Lipinski definition) is 5. The summed E-state index contributed by atoms with van der Waals surface area (Å²) < 4.78 is 14.0. The zero-order valence-electron chi connectivity index (χ0n) is 21.0. The number of rotatable bonds is 7. The van der Waals surface area contributed by atoms with Crippen molar-refractivity contribution in [1.29, 1.82) is 0 Å². The normalized spacial score (nSPS) is 27.4. The van der Waals surface area contributed by atoms with Gasteiger partial charge in [0.15, 0.2) is 11.6 Å². The zero-order chi connectivity index (χ0) is 27.3. The Balaban J connectivity index is 1.61. The van der Waals surface area contributed by atoms with E-state index in [4.69, 9.17) is 19.6 Å². The summed E-state index contributed by atoms with van der Waals surface area (Å²) in [6.07, 6.45) is 15.1. The highest BCUT2D eigenvalue weighted by Gasteiger charge is 2.80. The summed E-state index contributed by atoms with van der Waals surface area (Å²) in [4.78, 5) is 14.4. The lowest BCUT2D eigenvalue weighted by Gasteiger charge is -2.48. The minimum absolute atomic E-state index is 0.213. The van der Waals surface area contributed by atoms with Crippen molar-refractivity contribution in [3.8, 4) is 0 Å². The molecule has 0 amide bonds. The second-order valence-corrected chi connectivity index (χ2v) is 10.3. The van der Waals surface area contributed by atoms with Gasteiger partial charge >= 0.3 is 0 Å². The molecule has 0 radical (unpaired) electrons. The first-order chi connectivity index (χ1) is 20.3. The molecule has 41 heavy (non-hydrogen) atoms. The molecule has 0 aliphatic carbocycles. The summed E-state index contributed by atoms with van der Waals surface area (Å²) in [7, 11) is 0. The fourth-order valence-corrected chi connectivity index (χ4v) is 7.02. The van der Waals surface area contributed by atoms with Gasteiger partial charge in [-0.25, -0.2) is 4.98 Å². The molecule has 0 spiro atoms. The van der Waals surface area contributed by atoms with Gasteiger partial charge in [0, 0.05) is 29.7 Å². The molecular formula is C25H21N13O2S. The lowest BCUT2D eigenvalue weighted by Crippen LogP contribution is -2.62. The maximum atomic E-state index is 7.58. The van der Waals surface area contributed by atoms with Crippen LogP contribution in [0.1, 0.15) is 27.9 Å². The molecule has 8 heterocycles. The standard InChI is InChI=1S/C25H21N13O2S/c1-2-13-39-18(5-1)24(21-27-11-12-28-21)23(17-15-30-35-32-17,19-6-4-14-41-19)38(20-7-3-9-26-20)25(40-24,16-8-10-29-31-16)22-33-36-37-34-22/h1-15,18,26H,(H,27,28)(H,29,31)(H,30,32,35)(H,33,34,36,37). The lowest BCUT2D eigenvalue weighted by atomic mass is 9.70. The summed E-state index contributed by atoms with van der Waals surface area (Å²) in [5.74, 6) is 1.34. The highest BCUT2D eigenvalue weighted by molar-refractivity contribution is 7.10. The quantitative estimate of drug-likeness (QED) is 0.191. The molecule has 6 aromatic heterocycles. The number of anilines is 1. The van der Waals surface area contributed by atoms with E-state index < -0.39 is 23.0 Å². The van der Waals surface area contributed by atoms with Crippen LogP contribution < -0.4 is 4.90 Å². The van der Waals surface area contributed by atoms with Gasteiger partial charge in [0.05, 0.1) is 18.2 Å². The summed E-state index contributed by atoms with van der Waals surface area (Å²) in [6, 6.07) is 9.65. The molecular weight excluding hydrogens is 546 g/mol. The molecule has 0 saturated carbocycles. The summed E-state index contributed by atoms with van der Waals surface area (Å²) in [5.41, 5.74) is -3.36. The molecule has 6 aromatic rings. The first-order valence-corrected chi connectivity index (χ1v) is 13.5. The van der Waals surface area contributed by atoms with Crippen LogP contribution in [0.2, 0.25) is 0 Å². The summed E-state index contributed by atoms with van der Waals surface area (Å²) in [6.45, 7) is 0. The van der Waals surface area contributed by atoms with Crippen LogP contribution in [0.15, 0.2) is 91.2 Å². The number of H-pyrrole nitrogens is 5. The third kappa shape index (κ3) is 2.96. The largest absolute Gasteiger partial charge is 0.490 e.